The molecule has 0 unspecified atom stereocenters. The van der Waals surface area contributed by atoms with E-state index in [4.69, 9.17) is 0 Å². The van der Waals surface area contributed by atoms with Gasteiger partial charge in [-0.15, -0.1) is 11.3 Å². The van der Waals surface area contributed by atoms with Crippen LogP contribution in [0.2, 0.25) is 0 Å². The first kappa shape index (κ1) is 16.3. The molecule has 1 heterocycles. The van der Waals surface area contributed by atoms with Crippen molar-refractivity contribution >= 4 is 44.3 Å². The van der Waals surface area contributed by atoms with E-state index in [2.05, 4.69) is 31.4 Å². The normalized spacial score (nSPS) is 10.9. The van der Waals surface area contributed by atoms with Crippen molar-refractivity contribution in [3.05, 3.63) is 74.1 Å². The fraction of sp³-hybridized carbons (Fsp3) is 0. The van der Waals surface area contributed by atoms with Gasteiger partial charge in [0.1, 0.15) is 0 Å². The van der Waals surface area contributed by atoms with Crippen LogP contribution in [0.5, 0.6) is 0 Å². The minimum absolute atomic E-state index is 0.0442. The molecule has 6 nitrogen and oxygen atoms in total. The van der Waals surface area contributed by atoms with Gasteiger partial charge in [-0.05, 0) is 17.7 Å². The molecule has 0 saturated carbocycles. The van der Waals surface area contributed by atoms with E-state index < -0.39 is 4.92 Å². The highest BCUT2D eigenvalue weighted by atomic mass is 79.9. The Bertz CT molecular complexity index is 910. The van der Waals surface area contributed by atoms with Gasteiger partial charge in [0, 0.05) is 27.5 Å². The first-order valence-electron chi connectivity index (χ1n) is 6.87. The van der Waals surface area contributed by atoms with Crippen LogP contribution in [-0.4, -0.2) is 16.1 Å². The van der Waals surface area contributed by atoms with Gasteiger partial charge < -0.3 is 0 Å². The summed E-state index contributed by atoms with van der Waals surface area (Å²) in [5.41, 5.74) is 5.23. The number of nitrogens with zero attached hydrogens (tertiary/aromatic N) is 3. The third-order valence-corrected chi connectivity index (χ3v) is 4.32. The molecule has 0 radical (unpaired) electrons. The van der Waals surface area contributed by atoms with Crippen LogP contribution in [0.4, 0.5) is 10.8 Å². The quantitative estimate of drug-likeness (QED) is 0.372. The molecular formula is C16H11BrN4O2S. The average molecular weight is 403 g/mol. The molecule has 0 amide bonds. The van der Waals surface area contributed by atoms with Gasteiger partial charge >= 0.3 is 0 Å². The van der Waals surface area contributed by atoms with Crippen LogP contribution in [0.3, 0.4) is 0 Å². The summed E-state index contributed by atoms with van der Waals surface area (Å²) in [6.07, 6.45) is 1.69. The number of aromatic nitrogens is 1. The molecule has 120 valence electrons. The smallest absolute Gasteiger partial charge is 0.258 e. The number of anilines is 1. The van der Waals surface area contributed by atoms with Crippen LogP contribution in [0.25, 0.3) is 11.3 Å². The number of nitro benzene ring substituents is 1. The predicted molar refractivity (Wildman–Crippen MR) is 99.6 cm³/mol. The topological polar surface area (TPSA) is 80.4 Å². The summed E-state index contributed by atoms with van der Waals surface area (Å²) in [6, 6.07) is 14.1. The zero-order valence-corrected chi connectivity index (χ0v) is 14.6. The highest BCUT2D eigenvalue weighted by molar-refractivity contribution is 9.10. The first-order chi connectivity index (χ1) is 11.6. The lowest BCUT2D eigenvalue weighted by Crippen LogP contribution is -1.91. The van der Waals surface area contributed by atoms with Crippen LogP contribution in [-0.2, 0) is 0 Å². The Balaban J connectivity index is 1.72. The van der Waals surface area contributed by atoms with E-state index in [-0.39, 0.29) is 5.69 Å². The van der Waals surface area contributed by atoms with E-state index in [0.29, 0.717) is 16.4 Å². The molecule has 1 aromatic heterocycles. The molecule has 0 fully saturated rings. The Morgan fingerprint density at radius 3 is 2.88 bits per heavy atom. The first-order valence-corrected chi connectivity index (χ1v) is 8.54. The van der Waals surface area contributed by atoms with Crippen molar-refractivity contribution in [2.75, 3.05) is 5.43 Å². The molecule has 0 aliphatic rings. The fourth-order valence-electron chi connectivity index (χ4n) is 1.99. The van der Waals surface area contributed by atoms with Crippen molar-refractivity contribution in [3.8, 4) is 11.3 Å². The molecule has 0 aliphatic carbocycles. The average Bonchev–Trinajstić information content (AvgIpc) is 3.04. The minimum Gasteiger partial charge on any atom is -0.258 e. The van der Waals surface area contributed by atoms with Crippen LogP contribution in [0.1, 0.15) is 5.56 Å². The number of hydrogen-bond acceptors (Lipinski definition) is 6. The van der Waals surface area contributed by atoms with Crippen LogP contribution < -0.4 is 5.43 Å². The molecule has 0 saturated heterocycles. The Morgan fingerprint density at radius 2 is 2.08 bits per heavy atom. The summed E-state index contributed by atoms with van der Waals surface area (Å²) < 4.78 is 0.980. The lowest BCUT2D eigenvalue weighted by atomic mass is 10.1. The summed E-state index contributed by atoms with van der Waals surface area (Å²) in [7, 11) is 0. The van der Waals surface area contributed by atoms with Crippen molar-refractivity contribution in [3.63, 3.8) is 0 Å². The van der Waals surface area contributed by atoms with Gasteiger partial charge in [0.05, 0.1) is 16.8 Å². The van der Waals surface area contributed by atoms with Crippen molar-refractivity contribution in [1.82, 2.24) is 4.98 Å². The van der Waals surface area contributed by atoms with Crippen LogP contribution >= 0.6 is 27.3 Å². The summed E-state index contributed by atoms with van der Waals surface area (Å²) >= 11 is 4.79. The second-order valence-electron chi connectivity index (χ2n) is 4.77. The maximum Gasteiger partial charge on any atom is 0.270 e. The minimum atomic E-state index is -0.419. The lowest BCUT2D eigenvalue weighted by Gasteiger charge is -1.97. The van der Waals surface area contributed by atoms with Crippen LogP contribution in [0, 0.1) is 10.1 Å². The van der Waals surface area contributed by atoms with E-state index in [0.717, 1.165) is 10.0 Å². The molecule has 0 spiro atoms. The van der Waals surface area contributed by atoms with E-state index in [1.807, 2.05) is 29.6 Å². The van der Waals surface area contributed by atoms with E-state index in [9.17, 15) is 10.1 Å². The van der Waals surface area contributed by atoms with Gasteiger partial charge in [-0.25, -0.2) is 4.98 Å². The maximum atomic E-state index is 10.8. The number of thiazole rings is 1. The number of non-ortho nitro benzene ring substituents is 1. The molecule has 0 atom stereocenters. The summed E-state index contributed by atoms with van der Waals surface area (Å²) in [6.45, 7) is 0. The molecule has 8 heteroatoms. The van der Waals surface area contributed by atoms with E-state index in [1.165, 1.54) is 23.5 Å². The van der Waals surface area contributed by atoms with Gasteiger partial charge in [-0.2, -0.15) is 5.10 Å². The summed E-state index contributed by atoms with van der Waals surface area (Å²) in [5.74, 6) is 0. The highest BCUT2D eigenvalue weighted by Crippen LogP contribution is 2.27. The van der Waals surface area contributed by atoms with Crippen molar-refractivity contribution in [2.45, 2.75) is 0 Å². The van der Waals surface area contributed by atoms with Crippen LogP contribution in [0.15, 0.2) is 63.5 Å². The number of hydrazone groups is 1. The SMILES string of the molecule is O=[N+]([O-])c1cccc(-c2csc(NN=Cc3cccc(Br)c3)n2)c1. The Kier molecular flexibility index (Phi) is 4.97. The molecule has 0 aliphatic heterocycles. The van der Waals surface area contributed by atoms with Gasteiger partial charge in [-0.3, -0.25) is 15.5 Å². The van der Waals surface area contributed by atoms with Crippen molar-refractivity contribution in [1.29, 1.82) is 0 Å². The molecule has 2 aromatic carbocycles. The fourth-order valence-corrected chi connectivity index (χ4v) is 3.07. The number of nitrogens with one attached hydrogen (secondary N) is 1. The molecule has 24 heavy (non-hydrogen) atoms. The highest BCUT2D eigenvalue weighted by Gasteiger charge is 2.09. The Morgan fingerprint density at radius 1 is 1.25 bits per heavy atom. The number of hydrogen-bond donors (Lipinski definition) is 1. The van der Waals surface area contributed by atoms with Gasteiger partial charge in [0.25, 0.3) is 5.69 Å². The lowest BCUT2D eigenvalue weighted by molar-refractivity contribution is -0.384. The third kappa shape index (κ3) is 4.03. The van der Waals surface area contributed by atoms with Gasteiger partial charge in [0.2, 0.25) is 5.13 Å². The monoisotopic (exact) mass is 402 g/mol. The third-order valence-electron chi connectivity index (χ3n) is 3.08. The van der Waals surface area contributed by atoms with E-state index >= 15 is 0 Å². The Hall–Kier alpha value is -2.58. The second-order valence-corrected chi connectivity index (χ2v) is 6.54. The Labute approximate surface area is 150 Å². The zero-order valence-electron chi connectivity index (χ0n) is 12.2. The molecule has 3 rings (SSSR count). The largest absolute Gasteiger partial charge is 0.270 e. The number of benzene rings is 2. The standard InChI is InChI=1S/C16H11BrN4O2S/c17-13-5-1-3-11(7-13)9-18-20-16-19-15(10-24-16)12-4-2-6-14(8-12)21(22)23/h1-10H,(H,19,20). The second kappa shape index (κ2) is 7.33. The molecule has 0 bridgehead atoms. The number of nitro groups is 1. The summed E-state index contributed by atoms with van der Waals surface area (Å²) in [4.78, 5) is 14.8. The molecule has 3 aromatic rings. The van der Waals surface area contributed by atoms with Gasteiger partial charge in [0.15, 0.2) is 0 Å². The van der Waals surface area contributed by atoms with Crippen molar-refractivity contribution in [2.24, 2.45) is 5.10 Å². The number of halogens is 1. The van der Waals surface area contributed by atoms with Gasteiger partial charge in [-0.1, -0.05) is 40.2 Å². The zero-order chi connectivity index (χ0) is 16.9. The number of rotatable bonds is 5. The summed E-state index contributed by atoms with van der Waals surface area (Å²) in [5, 5.41) is 17.4. The molecular weight excluding hydrogens is 392 g/mol. The van der Waals surface area contributed by atoms with Crippen molar-refractivity contribution < 1.29 is 4.92 Å². The molecule has 1 N–H and O–H groups in total. The predicted octanol–water partition coefficient (Wildman–Crippen LogP) is 4.93. The maximum absolute atomic E-state index is 10.8. The van der Waals surface area contributed by atoms with E-state index in [1.54, 1.807) is 18.3 Å².